The second-order valence-electron chi connectivity index (χ2n) is 5.64. The maximum absolute atomic E-state index is 11.9. The van der Waals surface area contributed by atoms with E-state index in [9.17, 15) is 13.2 Å². The number of hydrogen-bond donors (Lipinski definition) is 1. The zero-order chi connectivity index (χ0) is 19.2. The van der Waals surface area contributed by atoms with Crippen LogP contribution in [0.1, 0.15) is 32.6 Å². The first kappa shape index (κ1) is 20.3. The molecule has 2 aromatic rings. The standard InChI is InChI=1S/C16H20ClN3O5S/c1-3-4-9-26(22,23)20-11(2)16(21)24-10-14-18-15(19-25-14)12-5-7-13(17)8-6-12/h5-8,11,20H,3-4,9-10H2,1-2H3/t11-/m0/s1. The molecule has 0 bridgehead atoms. The lowest BCUT2D eigenvalue weighted by atomic mass is 10.2. The summed E-state index contributed by atoms with van der Waals surface area (Å²) < 4.78 is 35.9. The Balaban J connectivity index is 1.88. The van der Waals surface area contributed by atoms with Crippen LogP contribution in [0.3, 0.4) is 0 Å². The zero-order valence-corrected chi connectivity index (χ0v) is 16.0. The molecule has 0 aliphatic carbocycles. The van der Waals surface area contributed by atoms with Crippen molar-refractivity contribution in [3.05, 3.63) is 35.2 Å². The van der Waals surface area contributed by atoms with E-state index >= 15 is 0 Å². The van der Waals surface area contributed by atoms with Gasteiger partial charge >= 0.3 is 5.97 Å². The lowest BCUT2D eigenvalue weighted by Crippen LogP contribution is -2.40. The molecule has 0 saturated heterocycles. The van der Waals surface area contributed by atoms with Crippen molar-refractivity contribution in [1.29, 1.82) is 0 Å². The topological polar surface area (TPSA) is 111 Å². The molecule has 0 spiro atoms. The summed E-state index contributed by atoms with van der Waals surface area (Å²) in [6, 6.07) is 5.85. The Kier molecular flexibility index (Phi) is 7.13. The number of halogens is 1. The van der Waals surface area contributed by atoms with Gasteiger partial charge in [-0.05, 0) is 37.6 Å². The van der Waals surface area contributed by atoms with E-state index in [2.05, 4.69) is 14.9 Å². The Morgan fingerprint density at radius 2 is 2.04 bits per heavy atom. The quantitative estimate of drug-likeness (QED) is 0.642. The molecule has 1 N–H and O–H groups in total. The number of unbranched alkanes of at least 4 members (excludes halogenated alkanes) is 1. The van der Waals surface area contributed by atoms with Crippen LogP contribution in [0.4, 0.5) is 0 Å². The number of sulfonamides is 1. The van der Waals surface area contributed by atoms with Gasteiger partial charge in [0.25, 0.3) is 5.89 Å². The Morgan fingerprint density at radius 1 is 1.35 bits per heavy atom. The molecule has 0 amide bonds. The average molecular weight is 402 g/mol. The van der Waals surface area contributed by atoms with Gasteiger partial charge in [0.05, 0.1) is 5.75 Å². The van der Waals surface area contributed by atoms with Gasteiger partial charge in [0, 0.05) is 10.6 Å². The molecule has 1 aromatic carbocycles. The van der Waals surface area contributed by atoms with E-state index in [0.29, 0.717) is 22.8 Å². The molecular weight excluding hydrogens is 382 g/mol. The Labute approximate surface area is 156 Å². The van der Waals surface area contributed by atoms with Crippen LogP contribution >= 0.6 is 11.6 Å². The third-order valence-corrected chi connectivity index (χ3v) is 5.18. The number of rotatable bonds is 9. The van der Waals surface area contributed by atoms with E-state index in [-0.39, 0.29) is 18.3 Å². The van der Waals surface area contributed by atoms with E-state index < -0.39 is 22.0 Å². The van der Waals surface area contributed by atoms with Crippen LogP contribution in [0.2, 0.25) is 5.02 Å². The third kappa shape index (κ3) is 6.08. The number of carbonyl (C=O) groups is 1. The summed E-state index contributed by atoms with van der Waals surface area (Å²) in [4.78, 5) is 16.0. The van der Waals surface area contributed by atoms with Crippen LogP contribution in [0.25, 0.3) is 11.4 Å². The second kappa shape index (κ2) is 9.11. The fourth-order valence-corrected chi connectivity index (χ4v) is 3.55. The first-order chi connectivity index (χ1) is 12.3. The van der Waals surface area contributed by atoms with Crippen molar-refractivity contribution in [2.75, 3.05) is 5.75 Å². The number of esters is 1. The average Bonchev–Trinajstić information content (AvgIpc) is 3.07. The molecule has 26 heavy (non-hydrogen) atoms. The van der Waals surface area contributed by atoms with Crippen molar-refractivity contribution >= 4 is 27.6 Å². The van der Waals surface area contributed by atoms with Gasteiger partial charge in [-0.1, -0.05) is 30.1 Å². The van der Waals surface area contributed by atoms with Gasteiger partial charge in [0.15, 0.2) is 6.61 Å². The summed E-state index contributed by atoms with van der Waals surface area (Å²) in [5.74, 6) is -0.323. The van der Waals surface area contributed by atoms with Gasteiger partial charge in [0.2, 0.25) is 15.8 Å². The predicted octanol–water partition coefficient (Wildman–Crippen LogP) is 2.54. The SMILES string of the molecule is CCCCS(=O)(=O)N[C@@H](C)C(=O)OCc1nc(-c2ccc(Cl)cc2)no1. The van der Waals surface area contributed by atoms with Crippen molar-refractivity contribution in [3.8, 4) is 11.4 Å². The van der Waals surface area contributed by atoms with Crippen LogP contribution in [-0.2, 0) is 26.2 Å². The molecule has 1 atom stereocenters. The van der Waals surface area contributed by atoms with Gasteiger partial charge in [-0.25, -0.2) is 13.1 Å². The molecule has 8 nitrogen and oxygen atoms in total. The summed E-state index contributed by atoms with van der Waals surface area (Å²) in [6.07, 6.45) is 1.26. The van der Waals surface area contributed by atoms with E-state index in [1.165, 1.54) is 6.92 Å². The maximum Gasteiger partial charge on any atom is 0.324 e. The van der Waals surface area contributed by atoms with Crippen molar-refractivity contribution in [3.63, 3.8) is 0 Å². The molecule has 0 aliphatic heterocycles. The van der Waals surface area contributed by atoms with Gasteiger partial charge < -0.3 is 9.26 Å². The monoisotopic (exact) mass is 401 g/mol. The smallest absolute Gasteiger partial charge is 0.324 e. The van der Waals surface area contributed by atoms with Crippen molar-refractivity contribution < 1.29 is 22.5 Å². The number of hydrogen-bond acceptors (Lipinski definition) is 7. The second-order valence-corrected chi connectivity index (χ2v) is 7.95. The molecule has 1 aromatic heterocycles. The summed E-state index contributed by atoms with van der Waals surface area (Å²) >= 11 is 5.82. The van der Waals surface area contributed by atoms with Gasteiger partial charge in [-0.3, -0.25) is 4.79 Å². The Bertz CT molecular complexity index is 836. The Morgan fingerprint density at radius 3 is 2.69 bits per heavy atom. The molecule has 0 unspecified atom stereocenters. The van der Waals surface area contributed by atoms with E-state index in [1.54, 1.807) is 24.3 Å². The van der Waals surface area contributed by atoms with Crippen LogP contribution in [0.15, 0.2) is 28.8 Å². The lowest BCUT2D eigenvalue weighted by Gasteiger charge is -2.12. The summed E-state index contributed by atoms with van der Waals surface area (Å²) in [6.45, 7) is 3.05. The van der Waals surface area contributed by atoms with Crippen LogP contribution < -0.4 is 4.72 Å². The molecule has 142 valence electrons. The van der Waals surface area contributed by atoms with Crippen molar-refractivity contribution in [1.82, 2.24) is 14.9 Å². The third-order valence-electron chi connectivity index (χ3n) is 3.38. The van der Waals surface area contributed by atoms with Crippen molar-refractivity contribution in [2.24, 2.45) is 0 Å². The summed E-state index contributed by atoms with van der Waals surface area (Å²) in [5.41, 5.74) is 0.702. The Hall–Kier alpha value is -1.97. The van der Waals surface area contributed by atoms with Crippen LogP contribution in [0.5, 0.6) is 0 Å². The highest BCUT2D eigenvalue weighted by molar-refractivity contribution is 7.89. The van der Waals surface area contributed by atoms with Crippen molar-refractivity contribution in [2.45, 2.75) is 39.3 Å². The van der Waals surface area contributed by atoms with E-state index in [4.69, 9.17) is 20.9 Å². The van der Waals surface area contributed by atoms with Gasteiger partial charge in [-0.2, -0.15) is 4.98 Å². The summed E-state index contributed by atoms with van der Waals surface area (Å²) in [7, 11) is -3.52. The molecule has 0 saturated carbocycles. The van der Waals surface area contributed by atoms with Crippen LogP contribution in [0, 0.1) is 0 Å². The molecule has 0 aliphatic rings. The molecular formula is C16H20ClN3O5S. The number of nitrogens with one attached hydrogen (secondary N) is 1. The molecule has 2 rings (SSSR count). The van der Waals surface area contributed by atoms with Gasteiger partial charge in [-0.15, -0.1) is 0 Å². The maximum atomic E-state index is 11.9. The minimum atomic E-state index is -3.52. The fourth-order valence-electron chi connectivity index (χ4n) is 2.00. The van der Waals surface area contributed by atoms with E-state index in [1.807, 2.05) is 6.92 Å². The normalized spacial score (nSPS) is 12.7. The minimum Gasteiger partial charge on any atom is -0.454 e. The highest BCUT2D eigenvalue weighted by Crippen LogP contribution is 2.18. The first-order valence-corrected chi connectivity index (χ1v) is 10.1. The number of benzene rings is 1. The number of carbonyl (C=O) groups excluding carboxylic acids is 1. The highest BCUT2D eigenvalue weighted by Gasteiger charge is 2.22. The van der Waals surface area contributed by atoms with Crippen LogP contribution in [-0.4, -0.2) is 36.3 Å². The lowest BCUT2D eigenvalue weighted by molar-refractivity contribution is -0.147. The predicted molar refractivity (Wildman–Crippen MR) is 95.8 cm³/mol. The van der Waals surface area contributed by atoms with E-state index in [0.717, 1.165) is 6.42 Å². The minimum absolute atomic E-state index is 0.0325. The molecule has 1 heterocycles. The highest BCUT2D eigenvalue weighted by atomic mass is 35.5. The first-order valence-electron chi connectivity index (χ1n) is 8.06. The fraction of sp³-hybridized carbons (Fsp3) is 0.438. The summed E-state index contributed by atoms with van der Waals surface area (Å²) in [5, 5.41) is 4.39. The number of aromatic nitrogens is 2. The molecule has 0 radical (unpaired) electrons. The number of nitrogens with zero attached hydrogens (tertiary/aromatic N) is 2. The molecule has 10 heteroatoms. The largest absolute Gasteiger partial charge is 0.454 e. The number of ether oxygens (including phenoxy) is 1. The zero-order valence-electron chi connectivity index (χ0n) is 14.4. The molecule has 0 fully saturated rings. The van der Waals surface area contributed by atoms with Gasteiger partial charge in [0.1, 0.15) is 6.04 Å².